The molecule has 0 radical (unpaired) electrons. The van der Waals surface area contributed by atoms with Crippen molar-refractivity contribution in [2.75, 3.05) is 6.67 Å². The van der Waals surface area contributed by atoms with Crippen molar-refractivity contribution in [3.05, 3.63) is 39.4 Å². The minimum Gasteiger partial charge on any atom is -0.322 e. The van der Waals surface area contributed by atoms with Gasteiger partial charge in [0.05, 0.1) is 11.0 Å². The maximum atomic E-state index is 12.2. The summed E-state index contributed by atoms with van der Waals surface area (Å²) >= 11 is 0. The summed E-state index contributed by atoms with van der Waals surface area (Å²) in [6.07, 6.45) is 0. The summed E-state index contributed by atoms with van der Waals surface area (Å²) in [5, 5.41) is 10.6. The topological polar surface area (TPSA) is 69.2 Å². The monoisotopic (exact) mass is 198 g/mol. The van der Waals surface area contributed by atoms with Crippen molar-refractivity contribution >= 4 is 5.69 Å². The average molecular weight is 198 g/mol. The first-order valence-corrected chi connectivity index (χ1v) is 4.12. The average Bonchev–Trinajstić information content (AvgIpc) is 2.17. The van der Waals surface area contributed by atoms with E-state index in [2.05, 4.69) is 0 Å². The fraction of sp³-hybridized carbons (Fsp3) is 0.333. The lowest BCUT2D eigenvalue weighted by atomic mass is 10.1. The molecular weight excluding hydrogens is 187 g/mol. The zero-order valence-electron chi connectivity index (χ0n) is 7.74. The van der Waals surface area contributed by atoms with Crippen LogP contribution in [0.2, 0.25) is 0 Å². The standard InChI is InChI=1S/C9H11FN2O2/c1-6-2-3-7(8(11)5-10)4-9(6)12(13)14/h2-4,8H,5,11H2,1H3/t8-/m0/s1. The van der Waals surface area contributed by atoms with Gasteiger partial charge in [0.25, 0.3) is 5.69 Å². The third-order valence-electron chi connectivity index (χ3n) is 2.02. The highest BCUT2D eigenvalue weighted by Gasteiger charge is 2.14. The zero-order chi connectivity index (χ0) is 10.7. The fourth-order valence-corrected chi connectivity index (χ4v) is 1.14. The molecule has 0 saturated carbocycles. The van der Waals surface area contributed by atoms with Crippen LogP contribution in [-0.4, -0.2) is 11.6 Å². The van der Waals surface area contributed by atoms with E-state index in [-0.39, 0.29) is 5.69 Å². The van der Waals surface area contributed by atoms with Crippen molar-refractivity contribution in [2.24, 2.45) is 5.73 Å². The molecule has 2 N–H and O–H groups in total. The van der Waals surface area contributed by atoms with Crippen molar-refractivity contribution in [1.29, 1.82) is 0 Å². The highest BCUT2D eigenvalue weighted by atomic mass is 19.1. The molecule has 0 aliphatic heterocycles. The summed E-state index contributed by atoms with van der Waals surface area (Å²) in [6.45, 7) is 0.906. The van der Waals surface area contributed by atoms with Gasteiger partial charge in [0.15, 0.2) is 0 Å². The third kappa shape index (κ3) is 2.05. The second-order valence-electron chi connectivity index (χ2n) is 3.06. The molecule has 0 bridgehead atoms. The van der Waals surface area contributed by atoms with Gasteiger partial charge in [-0.05, 0) is 12.5 Å². The second-order valence-corrected chi connectivity index (χ2v) is 3.06. The molecule has 0 heterocycles. The number of hydrogen-bond acceptors (Lipinski definition) is 3. The number of alkyl halides is 1. The molecule has 4 nitrogen and oxygen atoms in total. The molecule has 1 atom stereocenters. The van der Waals surface area contributed by atoms with E-state index < -0.39 is 17.6 Å². The number of nitrogens with zero attached hydrogens (tertiary/aromatic N) is 1. The van der Waals surface area contributed by atoms with Gasteiger partial charge in [-0.2, -0.15) is 0 Å². The van der Waals surface area contributed by atoms with Crippen molar-refractivity contribution in [2.45, 2.75) is 13.0 Å². The highest BCUT2D eigenvalue weighted by Crippen LogP contribution is 2.22. The highest BCUT2D eigenvalue weighted by molar-refractivity contribution is 5.43. The SMILES string of the molecule is Cc1ccc([C@@H](N)CF)cc1[N+](=O)[O-]. The minimum atomic E-state index is -0.783. The van der Waals surface area contributed by atoms with Crippen LogP contribution in [0.25, 0.3) is 0 Å². The van der Waals surface area contributed by atoms with Crippen LogP contribution < -0.4 is 5.73 Å². The van der Waals surface area contributed by atoms with Crippen LogP contribution in [0.3, 0.4) is 0 Å². The third-order valence-corrected chi connectivity index (χ3v) is 2.02. The molecule has 0 spiro atoms. The van der Waals surface area contributed by atoms with E-state index in [0.29, 0.717) is 11.1 Å². The number of nitro benzene ring substituents is 1. The number of rotatable bonds is 3. The Bertz CT molecular complexity index is 355. The number of halogens is 1. The molecule has 0 unspecified atom stereocenters. The number of hydrogen-bond donors (Lipinski definition) is 1. The molecule has 1 aromatic rings. The molecule has 0 aliphatic carbocycles. The van der Waals surface area contributed by atoms with Gasteiger partial charge in [0.2, 0.25) is 0 Å². The van der Waals surface area contributed by atoms with Crippen LogP contribution >= 0.6 is 0 Å². The number of nitrogens with two attached hydrogens (primary N) is 1. The Morgan fingerprint density at radius 1 is 1.64 bits per heavy atom. The summed E-state index contributed by atoms with van der Waals surface area (Å²) in [7, 11) is 0. The Hall–Kier alpha value is -1.49. The quantitative estimate of drug-likeness (QED) is 0.595. The van der Waals surface area contributed by atoms with Gasteiger partial charge in [-0.25, -0.2) is 4.39 Å². The molecule has 5 heteroatoms. The van der Waals surface area contributed by atoms with Gasteiger partial charge in [-0.15, -0.1) is 0 Å². The van der Waals surface area contributed by atoms with Crippen LogP contribution in [0, 0.1) is 17.0 Å². The maximum absolute atomic E-state index is 12.2. The molecule has 1 rings (SSSR count). The van der Waals surface area contributed by atoms with Gasteiger partial charge in [-0.1, -0.05) is 12.1 Å². The first kappa shape index (κ1) is 10.6. The predicted molar refractivity (Wildman–Crippen MR) is 50.7 cm³/mol. The Labute approximate surface area is 80.7 Å². The molecule has 1 aromatic carbocycles. The molecule has 0 aromatic heterocycles. The fourth-order valence-electron chi connectivity index (χ4n) is 1.14. The summed E-state index contributed by atoms with van der Waals surface area (Å²) < 4.78 is 12.2. The first-order valence-electron chi connectivity index (χ1n) is 4.12. The smallest absolute Gasteiger partial charge is 0.272 e. The summed E-state index contributed by atoms with van der Waals surface area (Å²) in [4.78, 5) is 10.1. The van der Waals surface area contributed by atoms with E-state index >= 15 is 0 Å². The molecule has 76 valence electrons. The van der Waals surface area contributed by atoms with E-state index in [4.69, 9.17) is 5.73 Å². The zero-order valence-corrected chi connectivity index (χ0v) is 7.74. The maximum Gasteiger partial charge on any atom is 0.272 e. The van der Waals surface area contributed by atoms with Crippen LogP contribution in [-0.2, 0) is 0 Å². The minimum absolute atomic E-state index is 0.0219. The Balaban J connectivity index is 3.12. The number of nitro groups is 1. The van der Waals surface area contributed by atoms with Gasteiger partial charge in [-0.3, -0.25) is 10.1 Å². The summed E-state index contributed by atoms with van der Waals surface area (Å²) in [5.41, 5.74) is 6.39. The van der Waals surface area contributed by atoms with Gasteiger partial charge in [0.1, 0.15) is 6.67 Å². The Morgan fingerprint density at radius 2 is 2.29 bits per heavy atom. The van der Waals surface area contributed by atoms with Gasteiger partial charge >= 0.3 is 0 Å². The van der Waals surface area contributed by atoms with E-state index in [1.54, 1.807) is 19.1 Å². The van der Waals surface area contributed by atoms with Crippen molar-refractivity contribution < 1.29 is 9.31 Å². The lowest BCUT2D eigenvalue weighted by molar-refractivity contribution is -0.385. The lowest BCUT2D eigenvalue weighted by Gasteiger charge is -2.07. The van der Waals surface area contributed by atoms with Gasteiger partial charge in [0, 0.05) is 11.6 Å². The molecule has 0 amide bonds. The van der Waals surface area contributed by atoms with Crippen LogP contribution in [0.4, 0.5) is 10.1 Å². The van der Waals surface area contributed by atoms with Crippen LogP contribution in [0.15, 0.2) is 18.2 Å². The molecule has 0 saturated heterocycles. The van der Waals surface area contributed by atoms with Crippen LogP contribution in [0.5, 0.6) is 0 Å². The van der Waals surface area contributed by atoms with Crippen molar-refractivity contribution in [1.82, 2.24) is 0 Å². The Morgan fingerprint density at radius 3 is 2.79 bits per heavy atom. The molecule has 14 heavy (non-hydrogen) atoms. The molecule has 0 fully saturated rings. The Kier molecular flexibility index (Phi) is 3.14. The first-order chi connectivity index (χ1) is 6.56. The van der Waals surface area contributed by atoms with E-state index in [1.165, 1.54) is 6.07 Å². The van der Waals surface area contributed by atoms with E-state index in [1.807, 2.05) is 0 Å². The predicted octanol–water partition coefficient (Wildman–Crippen LogP) is 1.87. The summed E-state index contributed by atoms with van der Waals surface area (Å²) in [6, 6.07) is 3.71. The van der Waals surface area contributed by atoms with E-state index in [9.17, 15) is 14.5 Å². The van der Waals surface area contributed by atoms with Crippen molar-refractivity contribution in [3.63, 3.8) is 0 Å². The molecule has 0 aliphatic rings. The number of aryl methyl sites for hydroxylation is 1. The van der Waals surface area contributed by atoms with Crippen LogP contribution in [0.1, 0.15) is 17.2 Å². The summed E-state index contributed by atoms with van der Waals surface area (Å²) in [5.74, 6) is 0. The molecular formula is C9H11FN2O2. The van der Waals surface area contributed by atoms with Gasteiger partial charge < -0.3 is 5.73 Å². The second kappa shape index (κ2) is 4.15. The lowest BCUT2D eigenvalue weighted by Crippen LogP contribution is -2.12. The van der Waals surface area contributed by atoms with E-state index in [0.717, 1.165) is 0 Å². The van der Waals surface area contributed by atoms with Crippen molar-refractivity contribution in [3.8, 4) is 0 Å². The number of benzene rings is 1. The normalized spacial score (nSPS) is 12.5. The largest absolute Gasteiger partial charge is 0.322 e.